The molecule has 1 aliphatic carbocycles. The first-order chi connectivity index (χ1) is 7.83. The van der Waals surface area contributed by atoms with Gasteiger partial charge in [0.05, 0.1) is 0 Å². The van der Waals surface area contributed by atoms with Crippen molar-refractivity contribution in [3.05, 3.63) is 11.9 Å². The van der Waals surface area contributed by atoms with Crippen LogP contribution in [0.15, 0.2) is 11.3 Å². The summed E-state index contributed by atoms with van der Waals surface area (Å²) >= 11 is 0. The second-order valence-corrected chi connectivity index (χ2v) is 4.44. The molecular weight excluding hydrogens is 204 g/mol. The summed E-state index contributed by atoms with van der Waals surface area (Å²) in [5, 5.41) is 3.47. The molecule has 2 heterocycles. The summed E-state index contributed by atoms with van der Waals surface area (Å²) in [6.07, 6.45) is 7.62. The van der Waals surface area contributed by atoms with Crippen LogP contribution in [0.4, 0.5) is 5.95 Å². The first-order valence-corrected chi connectivity index (χ1v) is 5.76. The molecule has 0 atom stereocenters. The summed E-state index contributed by atoms with van der Waals surface area (Å²) < 4.78 is 1.85. The lowest BCUT2D eigenvalue weighted by atomic mass is 9.90. The molecule has 1 aromatic heterocycles. The molecule has 0 amide bonds. The average molecular weight is 220 g/mol. The van der Waals surface area contributed by atoms with Gasteiger partial charge in [-0.25, -0.2) is 4.98 Å². The van der Waals surface area contributed by atoms with Crippen molar-refractivity contribution in [3.8, 4) is 0 Å². The molecule has 1 aliphatic heterocycles. The fourth-order valence-electron chi connectivity index (χ4n) is 2.54. The first-order valence-electron chi connectivity index (χ1n) is 5.76. The average Bonchev–Trinajstić information content (AvgIpc) is 2.67. The molecule has 0 bridgehead atoms. The minimum atomic E-state index is -0.0271. The topological polar surface area (TPSA) is 67.1 Å². The summed E-state index contributed by atoms with van der Waals surface area (Å²) in [4.78, 5) is 12.5. The number of rotatable bonds is 0. The van der Waals surface area contributed by atoms with Crippen LogP contribution in [0.3, 0.4) is 0 Å². The molecule has 2 N–H and O–H groups in total. The van der Waals surface area contributed by atoms with Gasteiger partial charge in [-0.15, -0.1) is 0 Å². The van der Waals surface area contributed by atoms with E-state index in [1.807, 2.05) is 4.68 Å². The Kier molecular flexibility index (Phi) is 2.08. The zero-order chi connectivity index (χ0) is 11.0. The van der Waals surface area contributed by atoms with Gasteiger partial charge in [0.15, 0.2) is 0 Å². The minimum absolute atomic E-state index is 0.0271. The summed E-state index contributed by atoms with van der Waals surface area (Å²) in [6.45, 7) is 0. The number of nitrogens with one attached hydrogen (secondary N) is 2. The second kappa shape index (κ2) is 3.47. The highest BCUT2D eigenvalue weighted by molar-refractivity contribution is 5.38. The van der Waals surface area contributed by atoms with E-state index in [0.717, 1.165) is 18.8 Å². The van der Waals surface area contributed by atoms with Crippen LogP contribution in [0.1, 0.15) is 32.1 Å². The Balaban J connectivity index is 1.99. The van der Waals surface area contributed by atoms with Gasteiger partial charge in [-0.1, -0.05) is 6.42 Å². The highest BCUT2D eigenvalue weighted by atomic mass is 15.6. The van der Waals surface area contributed by atoms with Crippen molar-refractivity contribution in [2.75, 3.05) is 17.8 Å². The number of hydrogen-bond donors (Lipinski definition) is 2. The standard InChI is InChI=1S/C10H16N6/c1-11-8-12-7-13-9-14-10(15-16(8)9)5-3-2-4-6-10/h7,15H,2-6H2,1H3,(H,11,12,13,14). The number of anilines is 1. The maximum absolute atomic E-state index is 4.24. The van der Waals surface area contributed by atoms with E-state index in [0.29, 0.717) is 5.62 Å². The zero-order valence-electron chi connectivity index (χ0n) is 9.40. The van der Waals surface area contributed by atoms with Gasteiger partial charge in [-0.05, 0) is 25.7 Å². The van der Waals surface area contributed by atoms with Crippen LogP contribution in [0.2, 0.25) is 0 Å². The molecule has 6 nitrogen and oxygen atoms in total. The Bertz CT molecular complexity index is 457. The van der Waals surface area contributed by atoms with Crippen molar-refractivity contribution in [1.82, 2.24) is 14.6 Å². The smallest absolute Gasteiger partial charge is 0.248 e. The van der Waals surface area contributed by atoms with Crippen LogP contribution < -0.4 is 16.4 Å². The van der Waals surface area contributed by atoms with E-state index in [1.165, 1.54) is 19.3 Å². The van der Waals surface area contributed by atoms with E-state index in [-0.39, 0.29) is 5.66 Å². The van der Waals surface area contributed by atoms with Gasteiger partial charge >= 0.3 is 0 Å². The molecule has 86 valence electrons. The third-order valence-corrected chi connectivity index (χ3v) is 3.35. The normalized spacial score (nSPS) is 22.7. The SMILES string of the molecule is CN=c1ncnc2n1NC1(CCCCC1)N2. The van der Waals surface area contributed by atoms with Crippen molar-refractivity contribution in [2.24, 2.45) is 4.99 Å². The molecule has 16 heavy (non-hydrogen) atoms. The molecule has 3 rings (SSSR count). The van der Waals surface area contributed by atoms with E-state index >= 15 is 0 Å². The quantitative estimate of drug-likeness (QED) is 0.665. The molecule has 2 aliphatic rings. The van der Waals surface area contributed by atoms with Crippen LogP contribution in [0, 0.1) is 0 Å². The molecule has 0 saturated heterocycles. The zero-order valence-corrected chi connectivity index (χ0v) is 9.40. The maximum Gasteiger partial charge on any atom is 0.248 e. The summed E-state index contributed by atoms with van der Waals surface area (Å²) in [6, 6.07) is 0. The number of aromatic nitrogens is 3. The van der Waals surface area contributed by atoms with Crippen LogP contribution in [0.25, 0.3) is 0 Å². The summed E-state index contributed by atoms with van der Waals surface area (Å²) in [5.74, 6) is 0.817. The predicted octanol–water partition coefficient (Wildman–Crippen LogP) is 0.438. The lowest BCUT2D eigenvalue weighted by Gasteiger charge is -2.33. The number of fused-ring (bicyclic) bond motifs is 1. The van der Waals surface area contributed by atoms with E-state index < -0.39 is 0 Å². The molecule has 1 saturated carbocycles. The molecule has 0 aromatic carbocycles. The third kappa shape index (κ3) is 1.36. The molecule has 1 spiro atoms. The lowest BCUT2D eigenvalue weighted by Crippen LogP contribution is -2.47. The van der Waals surface area contributed by atoms with Crippen LogP contribution in [0.5, 0.6) is 0 Å². The van der Waals surface area contributed by atoms with Gasteiger partial charge in [0, 0.05) is 7.05 Å². The van der Waals surface area contributed by atoms with Crippen molar-refractivity contribution in [1.29, 1.82) is 0 Å². The van der Waals surface area contributed by atoms with E-state index in [1.54, 1.807) is 13.4 Å². The molecule has 1 aromatic rings. The van der Waals surface area contributed by atoms with Crippen molar-refractivity contribution >= 4 is 5.95 Å². The van der Waals surface area contributed by atoms with Crippen molar-refractivity contribution < 1.29 is 0 Å². The lowest BCUT2D eigenvalue weighted by molar-refractivity contribution is 0.352. The highest BCUT2D eigenvalue weighted by Crippen LogP contribution is 2.32. The molecule has 0 radical (unpaired) electrons. The Morgan fingerprint density at radius 1 is 1.31 bits per heavy atom. The van der Waals surface area contributed by atoms with Crippen LogP contribution in [-0.2, 0) is 0 Å². The molecule has 6 heteroatoms. The van der Waals surface area contributed by atoms with Gasteiger partial charge in [0.25, 0.3) is 0 Å². The predicted molar refractivity (Wildman–Crippen MR) is 60.3 cm³/mol. The van der Waals surface area contributed by atoms with E-state index in [9.17, 15) is 0 Å². The first kappa shape index (κ1) is 9.62. The fraction of sp³-hybridized carbons (Fsp3) is 0.700. The van der Waals surface area contributed by atoms with Gasteiger partial charge in [0.1, 0.15) is 12.0 Å². The Morgan fingerprint density at radius 2 is 2.12 bits per heavy atom. The highest BCUT2D eigenvalue weighted by Gasteiger charge is 2.38. The van der Waals surface area contributed by atoms with E-state index in [4.69, 9.17) is 0 Å². The van der Waals surface area contributed by atoms with Gasteiger partial charge in [0.2, 0.25) is 11.6 Å². The van der Waals surface area contributed by atoms with Gasteiger partial charge in [-0.2, -0.15) is 9.66 Å². The van der Waals surface area contributed by atoms with Crippen molar-refractivity contribution in [2.45, 2.75) is 37.8 Å². The Morgan fingerprint density at radius 3 is 2.88 bits per heavy atom. The Labute approximate surface area is 93.8 Å². The maximum atomic E-state index is 4.24. The monoisotopic (exact) mass is 220 g/mol. The second-order valence-electron chi connectivity index (χ2n) is 4.44. The van der Waals surface area contributed by atoms with Crippen LogP contribution >= 0.6 is 0 Å². The Hall–Kier alpha value is -1.59. The van der Waals surface area contributed by atoms with Crippen LogP contribution in [-0.4, -0.2) is 27.4 Å². The molecule has 1 fully saturated rings. The largest absolute Gasteiger partial charge is 0.330 e. The third-order valence-electron chi connectivity index (χ3n) is 3.35. The minimum Gasteiger partial charge on any atom is -0.330 e. The van der Waals surface area contributed by atoms with E-state index in [2.05, 4.69) is 25.7 Å². The summed E-state index contributed by atoms with van der Waals surface area (Å²) in [7, 11) is 1.74. The summed E-state index contributed by atoms with van der Waals surface area (Å²) in [5.41, 5.74) is 4.10. The van der Waals surface area contributed by atoms with Crippen molar-refractivity contribution in [3.63, 3.8) is 0 Å². The molecule has 0 unspecified atom stereocenters. The number of hydrogen-bond acceptors (Lipinski definition) is 5. The van der Waals surface area contributed by atoms with Gasteiger partial charge in [-0.3, -0.25) is 10.4 Å². The fourth-order valence-corrected chi connectivity index (χ4v) is 2.54. The van der Waals surface area contributed by atoms with Gasteiger partial charge < -0.3 is 5.32 Å². The number of nitrogens with zero attached hydrogens (tertiary/aromatic N) is 4. The molecular formula is C10H16N6.